The van der Waals surface area contributed by atoms with Crippen molar-refractivity contribution in [2.45, 2.75) is 6.92 Å². The fourth-order valence-electron chi connectivity index (χ4n) is 1.09. The smallest absolute Gasteiger partial charge is 0.239 e. The lowest BCUT2D eigenvalue weighted by atomic mass is 10.1. The molecule has 1 aromatic rings. The number of isocyanates is 1. The predicted octanol–water partition coefficient (Wildman–Crippen LogP) is 2.31. The largest absolute Gasteiger partial charge is 0.496 e. The van der Waals surface area contributed by atoms with E-state index >= 15 is 0 Å². The molecule has 0 radical (unpaired) electrons. The first kappa shape index (κ1) is 10.2. The molecule has 0 saturated heterocycles. The number of aryl methyl sites for hydroxylation is 1. The van der Waals surface area contributed by atoms with Crippen LogP contribution in [-0.4, -0.2) is 13.2 Å². The van der Waals surface area contributed by atoms with Crippen LogP contribution in [0.4, 0.5) is 0 Å². The first-order chi connectivity index (χ1) is 6.77. The van der Waals surface area contributed by atoms with Gasteiger partial charge in [-0.25, -0.2) is 4.79 Å². The molecule has 0 aromatic heterocycles. The second-order valence-corrected chi connectivity index (χ2v) is 2.77. The maximum Gasteiger partial charge on any atom is 0.239 e. The van der Waals surface area contributed by atoms with Crippen molar-refractivity contribution in [2.24, 2.45) is 4.99 Å². The van der Waals surface area contributed by atoms with Gasteiger partial charge in [0.1, 0.15) is 5.75 Å². The molecule has 0 bridgehead atoms. The summed E-state index contributed by atoms with van der Waals surface area (Å²) in [5, 5.41) is 0. The van der Waals surface area contributed by atoms with Gasteiger partial charge in [-0.3, -0.25) is 0 Å². The Morgan fingerprint density at radius 3 is 2.93 bits per heavy atom. The van der Waals surface area contributed by atoms with Crippen molar-refractivity contribution < 1.29 is 9.53 Å². The van der Waals surface area contributed by atoms with E-state index in [1.54, 1.807) is 13.2 Å². The van der Waals surface area contributed by atoms with Crippen molar-refractivity contribution in [3.8, 4) is 5.75 Å². The highest BCUT2D eigenvalue weighted by Gasteiger charge is 1.96. The van der Waals surface area contributed by atoms with Gasteiger partial charge >= 0.3 is 0 Å². The number of methoxy groups -OCH3 is 1. The van der Waals surface area contributed by atoms with Gasteiger partial charge < -0.3 is 4.74 Å². The van der Waals surface area contributed by atoms with Crippen molar-refractivity contribution in [3.05, 3.63) is 35.5 Å². The fourth-order valence-corrected chi connectivity index (χ4v) is 1.09. The fraction of sp³-hybridized carbons (Fsp3) is 0.182. The van der Waals surface area contributed by atoms with Gasteiger partial charge in [-0.15, -0.1) is 0 Å². The molecule has 1 aromatic carbocycles. The zero-order valence-electron chi connectivity index (χ0n) is 8.15. The average molecular weight is 189 g/mol. The minimum absolute atomic E-state index is 0.822. The molecule has 0 heterocycles. The second kappa shape index (κ2) is 5.00. The second-order valence-electron chi connectivity index (χ2n) is 2.77. The number of rotatable bonds is 3. The molecule has 0 fully saturated rings. The molecular weight excluding hydrogens is 178 g/mol. The molecule has 3 heteroatoms. The number of aliphatic imine (C=N–C) groups is 1. The van der Waals surface area contributed by atoms with E-state index in [9.17, 15) is 4.79 Å². The van der Waals surface area contributed by atoms with Gasteiger partial charge in [-0.05, 0) is 30.2 Å². The van der Waals surface area contributed by atoms with Gasteiger partial charge in [-0.1, -0.05) is 12.1 Å². The zero-order valence-corrected chi connectivity index (χ0v) is 8.15. The third-order valence-corrected chi connectivity index (χ3v) is 1.83. The van der Waals surface area contributed by atoms with Gasteiger partial charge in [-0.2, -0.15) is 4.99 Å². The van der Waals surface area contributed by atoms with Crippen LogP contribution >= 0.6 is 0 Å². The summed E-state index contributed by atoms with van der Waals surface area (Å²) in [6, 6.07) is 5.75. The molecule has 0 spiro atoms. The number of benzene rings is 1. The maximum atomic E-state index is 9.80. The Bertz CT molecular complexity index is 390. The summed E-state index contributed by atoms with van der Waals surface area (Å²) in [5.74, 6) is 0.822. The van der Waals surface area contributed by atoms with E-state index in [0.29, 0.717) is 0 Å². The SMILES string of the molecule is COc1cc(/C=C/N=C=O)ccc1C. The number of hydrogen-bond acceptors (Lipinski definition) is 3. The summed E-state index contributed by atoms with van der Waals surface area (Å²) in [5.41, 5.74) is 2.01. The molecule has 14 heavy (non-hydrogen) atoms. The number of nitrogens with zero attached hydrogens (tertiary/aromatic N) is 1. The molecule has 0 aliphatic rings. The zero-order chi connectivity index (χ0) is 10.4. The number of ether oxygens (including phenoxy) is 1. The van der Waals surface area contributed by atoms with E-state index in [2.05, 4.69) is 4.99 Å². The maximum absolute atomic E-state index is 9.80. The Labute approximate surface area is 82.7 Å². The summed E-state index contributed by atoms with van der Waals surface area (Å²) >= 11 is 0. The van der Waals surface area contributed by atoms with Gasteiger partial charge in [0.15, 0.2) is 0 Å². The van der Waals surface area contributed by atoms with Gasteiger partial charge in [0.25, 0.3) is 0 Å². The van der Waals surface area contributed by atoms with Crippen LogP contribution in [0.15, 0.2) is 29.4 Å². The Kier molecular flexibility index (Phi) is 3.65. The normalized spacial score (nSPS) is 9.86. The predicted molar refractivity (Wildman–Crippen MR) is 54.9 cm³/mol. The van der Waals surface area contributed by atoms with Crippen LogP contribution in [0.3, 0.4) is 0 Å². The highest BCUT2D eigenvalue weighted by Crippen LogP contribution is 2.19. The minimum Gasteiger partial charge on any atom is -0.496 e. The Morgan fingerprint density at radius 2 is 2.29 bits per heavy atom. The molecule has 1 rings (SSSR count). The molecule has 0 unspecified atom stereocenters. The van der Waals surface area contributed by atoms with E-state index in [1.165, 1.54) is 12.3 Å². The molecule has 3 nitrogen and oxygen atoms in total. The molecule has 0 aliphatic heterocycles. The summed E-state index contributed by atoms with van der Waals surface area (Å²) in [4.78, 5) is 13.1. The van der Waals surface area contributed by atoms with Gasteiger partial charge in [0, 0.05) is 6.20 Å². The average Bonchev–Trinajstić information content (AvgIpc) is 2.21. The lowest BCUT2D eigenvalue weighted by Crippen LogP contribution is -1.86. The van der Waals surface area contributed by atoms with E-state index in [0.717, 1.165) is 16.9 Å². The van der Waals surface area contributed by atoms with Gasteiger partial charge in [0.05, 0.1) is 7.11 Å². The van der Waals surface area contributed by atoms with Crippen molar-refractivity contribution in [3.63, 3.8) is 0 Å². The van der Waals surface area contributed by atoms with Crippen LogP contribution < -0.4 is 4.74 Å². The first-order valence-corrected chi connectivity index (χ1v) is 4.16. The topological polar surface area (TPSA) is 38.7 Å². The third kappa shape index (κ3) is 2.57. The van der Waals surface area contributed by atoms with Crippen molar-refractivity contribution >= 4 is 12.2 Å². The standard InChI is InChI=1S/C11H11NO2/c1-9-3-4-10(5-6-12-8-13)7-11(9)14-2/h3-7H,1-2H3/b6-5+. The first-order valence-electron chi connectivity index (χ1n) is 4.16. The highest BCUT2D eigenvalue weighted by atomic mass is 16.5. The van der Waals surface area contributed by atoms with Gasteiger partial charge in [0.2, 0.25) is 6.08 Å². The van der Waals surface area contributed by atoms with Crippen LogP contribution in [0.2, 0.25) is 0 Å². The third-order valence-electron chi connectivity index (χ3n) is 1.83. The van der Waals surface area contributed by atoms with Crippen LogP contribution in [0, 0.1) is 6.92 Å². The Hall–Kier alpha value is -1.86. The summed E-state index contributed by atoms with van der Waals surface area (Å²) < 4.78 is 5.15. The van der Waals surface area contributed by atoms with Crippen LogP contribution in [0.1, 0.15) is 11.1 Å². The Morgan fingerprint density at radius 1 is 1.50 bits per heavy atom. The van der Waals surface area contributed by atoms with Crippen molar-refractivity contribution in [1.29, 1.82) is 0 Å². The van der Waals surface area contributed by atoms with Crippen LogP contribution in [0.5, 0.6) is 5.75 Å². The minimum atomic E-state index is 0.822. The molecule has 0 atom stereocenters. The molecule has 0 saturated carbocycles. The highest BCUT2D eigenvalue weighted by molar-refractivity contribution is 5.54. The van der Waals surface area contributed by atoms with Crippen molar-refractivity contribution in [2.75, 3.05) is 7.11 Å². The molecular formula is C11H11NO2. The molecule has 72 valence electrons. The van der Waals surface area contributed by atoms with E-state index in [4.69, 9.17) is 4.74 Å². The monoisotopic (exact) mass is 189 g/mol. The van der Waals surface area contributed by atoms with E-state index in [-0.39, 0.29) is 0 Å². The molecule has 0 N–H and O–H groups in total. The van der Waals surface area contributed by atoms with Crippen molar-refractivity contribution in [1.82, 2.24) is 0 Å². The number of carbonyl (C=O) groups excluding carboxylic acids is 1. The lowest BCUT2D eigenvalue weighted by Gasteiger charge is -2.04. The van der Waals surface area contributed by atoms with E-state index in [1.807, 2.05) is 25.1 Å². The van der Waals surface area contributed by atoms with E-state index < -0.39 is 0 Å². The quantitative estimate of drug-likeness (QED) is 0.540. The number of hydrogen-bond donors (Lipinski definition) is 0. The lowest BCUT2D eigenvalue weighted by molar-refractivity contribution is 0.411. The molecule has 0 aliphatic carbocycles. The van der Waals surface area contributed by atoms with Crippen LogP contribution in [0.25, 0.3) is 6.08 Å². The van der Waals surface area contributed by atoms with Crippen LogP contribution in [-0.2, 0) is 4.79 Å². The Balaban J connectivity index is 2.94. The summed E-state index contributed by atoms with van der Waals surface area (Å²) in [6.07, 6.45) is 4.55. The summed E-state index contributed by atoms with van der Waals surface area (Å²) in [6.45, 7) is 1.97. The molecule has 0 amide bonds. The summed E-state index contributed by atoms with van der Waals surface area (Å²) in [7, 11) is 1.62.